The Kier molecular flexibility index (Phi) is 5.19. The van der Waals surface area contributed by atoms with Crippen LogP contribution in [0.3, 0.4) is 0 Å². The topological polar surface area (TPSA) is 20.3 Å². The largest absolute Gasteiger partial charge is 0.342 e. The summed E-state index contributed by atoms with van der Waals surface area (Å²) in [5.41, 5.74) is 1.85. The van der Waals surface area contributed by atoms with Gasteiger partial charge in [0.25, 0.3) is 5.91 Å². The first-order valence-corrected chi connectivity index (χ1v) is 6.72. The van der Waals surface area contributed by atoms with Crippen molar-refractivity contribution >= 4 is 21.8 Å². The van der Waals surface area contributed by atoms with Crippen molar-refractivity contribution in [1.82, 2.24) is 4.90 Å². The number of amides is 1. The lowest BCUT2D eigenvalue weighted by Crippen LogP contribution is -2.28. The molecule has 0 aliphatic carbocycles. The van der Waals surface area contributed by atoms with Crippen LogP contribution in [0.25, 0.3) is 0 Å². The normalized spacial score (nSPS) is 10.7. The Balaban J connectivity index is 2.71. The van der Waals surface area contributed by atoms with Crippen LogP contribution in [0.1, 0.15) is 36.2 Å². The summed E-state index contributed by atoms with van der Waals surface area (Å²) < 4.78 is 1.04. The Morgan fingerprint density at radius 3 is 2.59 bits per heavy atom. The van der Waals surface area contributed by atoms with E-state index in [2.05, 4.69) is 29.8 Å². The molecule has 1 rings (SSSR count). The van der Waals surface area contributed by atoms with Gasteiger partial charge in [-0.05, 0) is 43.0 Å². The number of benzene rings is 1. The minimum absolute atomic E-state index is 0.0984. The highest BCUT2D eigenvalue weighted by Crippen LogP contribution is 2.18. The van der Waals surface area contributed by atoms with E-state index in [-0.39, 0.29) is 5.91 Å². The molecule has 17 heavy (non-hydrogen) atoms. The molecule has 1 amide bonds. The number of hydrogen-bond donors (Lipinski definition) is 0. The number of hydrogen-bond acceptors (Lipinski definition) is 1. The third-order valence-corrected chi connectivity index (χ3v) is 3.68. The summed E-state index contributed by atoms with van der Waals surface area (Å²) in [6.07, 6.45) is 1.04. The number of halogens is 1. The van der Waals surface area contributed by atoms with Crippen LogP contribution in [0.4, 0.5) is 0 Å². The van der Waals surface area contributed by atoms with Gasteiger partial charge in [-0.2, -0.15) is 0 Å². The van der Waals surface area contributed by atoms with E-state index in [9.17, 15) is 4.79 Å². The Morgan fingerprint density at radius 2 is 2.06 bits per heavy atom. The molecule has 0 aliphatic rings. The van der Waals surface area contributed by atoms with Gasteiger partial charge in [-0.3, -0.25) is 4.79 Å². The maximum atomic E-state index is 12.1. The lowest BCUT2D eigenvalue weighted by molar-refractivity contribution is 0.0789. The van der Waals surface area contributed by atoms with Gasteiger partial charge >= 0.3 is 0 Å². The zero-order valence-electron chi connectivity index (χ0n) is 11.0. The summed E-state index contributed by atoms with van der Waals surface area (Å²) in [5, 5.41) is 0. The van der Waals surface area contributed by atoms with Crippen LogP contribution in [0.15, 0.2) is 22.7 Å². The van der Waals surface area contributed by atoms with Crippen LogP contribution in [-0.2, 0) is 0 Å². The van der Waals surface area contributed by atoms with Crippen molar-refractivity contribution in [2.45, 2.75) is 27.2 Å². The quantitative estimate of drug-likeness (QED) is 0.826. The molecule has 0 N–H and O–H groups in total. The molecular formula is C14H20BrNO. The second-order valence-corrected chi connectivity index (χ2v) is 5.73. The Hall–Kier alpha value is -0.830. The van der Waals surface area contributed by atoms with Crippen molar-refractivity contribution in [1.29, 1.82) is 0 Å². The standard InChI is InChI=1S/C14H20BrNO/c1-10(2)7-8-16(4)14(17)12-5-6-13(15)11(3)9-12/h5-6,9-10H,7-8H2,1-4H3. The Morgan fingerprint density at radius 1 is 1.41 bits per heavy atom. The molecule has 0 spiro atoms. The zero-order chi connectivity index (χ0) is 13.0. The highest BCUT2D eigenvalue weighted by atomic mass is 79.9. The third-order valence-electron chi connectivity index (χ3n) is 2.79. The average Bonchev–Trinajstić information content (AvgIpc) is 2.28. The van der Waals surface area contributed by atoms with Crippen LogP contribution in [0.2, 0.25) is 0 Å². The van der Waals surface area contributed by atoms with Gasteiger partial charge in [-0.1, -0.05) is 29.8 Å². The summed E-state index contributed by atoms with van der Waals surface area (Å²) >= 11 is 3.44. The van der Waals surface area contributed by atoms with Crippen molar-refractivity contribution in [2.75, 3.05) is 13.6 Å². The summed E-state index contributed by atoms with van der Waals surface area (Å²) in [4.78, 5) is 13.9. The minimum atomic E-state index is 0.0984. The highest BCUT2D eigenvalue weighted by molar-refractivity contribution is 9.10. The summed E-state index contributed by atoms with van der Waals surface area (Å²) in [6.45, 7) is 7.14. The van der Waals surface area contributed by atoms with E-state index >= 15 is 0 Å². The summed E-state index contributed by atoms with van der Waals surface area (Å²) in [7, 11) is 1.86. The molecule has 1 aromatic carbocycles. The van der Waals surface area contributed by atoms with Gasteiger partial charge in [0, 0.05) is 23.6 Å². The SMILES string of the molecule is Cc1cc(C(=O)N(C)CCC(C)C)ccc1Br. The number of rotatable bonds is 4. The first-order valence-electron chi connectivity index (χ1n) is 5.93. The fraction of sp³-hybridized carbons (Fsp3) is 0.500. The molecule has 1 aromatic rings. The molecule has 0 aliphatic heterocycles. The van der Waals surface area contributed by atoms with Crippen LogP contribution in [0.5, 0.6) is 0 Å². The fourth-order valence-electron chi connectivity index (χ4n) is 1.55. The predicted molar refractivity (Wildman–Crippen MR) is 75.3 cm³/mol. The molecule has 3 heteroatoms. The van der Waals surface area contributed by atoms with Crippen molar-refractivity contribution in [2.24, 2.45) is 5.92 Å². The highest BCUT2D eigenvalue weighted by Gasteiger charge is 2.12. The van der Waals surface area contributed by atoms with E-state index in [0.717, 1.165) is 28.6 Å². The van der Waals surface area contributed by atoms with Crippen LogP contribution >= 0.6 is 15.9 Å². The van der Waals surface area contributed by atoms with Crippen molar-refractivity contribution < 1.29 is 4.79 Å². The number of carbonyl (C=O) groups excluding carboxylic acids is 1. The van der Waals surface area contributed by atoms with Gasteiger partial charge in [0.15, 0.2) is 0 Å². The fourth-order valence-corrected chi connectivity index (χ4v) is 1.80. The van der Waals surface area contributed by atoms with E-state index < -0.39 is 0 Å². The first-order chi connectivity index (χ1) is 7.91. The smallest absolute Gasteiger partial charge is 0.253 e. The third kappa shape index (κ3) is 4.15. The van der Waals surface area contributed by atoms with Crippen LogP contribution < -0.4 is 0 Å². The Bertz CT molecular complexity index is 401. The molecule has 2 nitrogen and oxygen atoms in total. The minimum Gasteiger partial charge on any atom is -0.342 e. The van der Waals surface area contributed by atoms with Gasteiger partial charge in [-0.15, -0.1) is 0 Å². The van der Waals surface area contributed by atoms with Gasteiger partial charge < -0.3 is 4.90 Å². The second-order valence-electron chi connectivity index (χ2n) is 4.87. The van der Waals surface area contributed by atoms with E-state index in [1.165, 1.54) is 0 Å². The molecule has 0 saturated heterocycles. The van der Waals surface area contributed by atoms with Crippen molar-refractivity contribution in [3.8, 4) is 0 Å². The molecule has 0 unspecified atom stereocenters. The molecule has 0 heterocycles. The number of aryl methyl sites for hydroxylation is 1. The van der Waals surface area contributed by atoms with E-state index in [1.807, 2.05) is 32.2 Å². The zero-order valence-corrected chi connectivity index (χ0v) is 12.5. The molecule has 0 atom stereocenters. The van der Waals surface area contributed by atoms with Crippen LogP contribution in [0, 0.1) is 12.8 Å². The molecule has 0 aromatic heterocycles. The summed E-state index contributed by atoms with van der Waals surface area (Å²) in [6, 6.07) is 5.72. The Labute approximate surface area is 112 Å². The molecule has 94 valence electrons. The number of nitrogens with zero attached hydrogens (tertiary/aromatic N) is 1. The molecular weight excluding hydrogens is 278 g/mol. The van der Waals surface area contributed by atoms with E-state index in [1.54, 1.807) is 4.90 Å². The molecule has 0 fully saturated rings. The summed E-state index contributed by atoms with van der Waals surface area (Å²) in [5.74, 6) is 0.721. The maximum absolute atomic E-state index is 12.1. The maximum Gasteiger partial charge on any atom is 0.253 e. The van der Waals surface area contributed by atoms with Crippen molar-refractivity contribution in [3.63, 3.8) is 0 Å². The lowest BCUT2D eigenvalue weighted by Gasteiger charge is -2.18. The number of carbonyl (C=O) groups is 1. The first kappa shape index (κ1) is 14.2. The monoisotopic (exact) mass is 297 g/mol. The predicted octanol–water partition coefficient (Wildman–Crippen LogP) is 3.88. The van der Waals surface area contributed by atoms with Gasteiger partial charge in [0.2, 0.25) is 0 Å². The van der Waals surface area contributed by atoms with Crippen molar-refractivity contribution in [3.05, 3.63) is 33.8 Å². The van der Waals surface area contributed by atoms with Crippen LogP contribution in [-0.4, -0.2) is 24.4 Å². The van der Waals surface area contributed by atoms with E-state index in [4.69, 9.17) is 0 Å². The average molecular weight is 298 g/mol. The van der Waals surface area contributed by atoms with Gasteiger partial charge in [-0.25, -0.2) is 0 Å². The van der Waals surface area contributed by atoms with E-state index in [0.29, 0.717) is 5.92 Å². The molecule has 0 bridgehead atoms. The molecule has 0 radical (unpaired) electrons. The second kappa shape index (κ2) is 6.20. The molecule has 0 saturated carbocycles. The van der Waals surface area contributed by atoms with Gasteiger partial charge in [0.1, 0.15) is 0 Å². The lowest BCUT2D eigenvalue weighted by atomic mass is 10.1. The van der Waals surface area contributed by atoms with Gasteiger partial charge in [0.05, 0.1) is 0 Å².